The van der Waals surface area contributed by atoms with Gasteiger partial charge in [-0.05, 0) is 32.9 Å². The van der Waals surface area contributed by atoms with Gasteiger partial charge in [-0.25, -0.2) is 14.0 Å². The summed E-state index contributed by atoms with van der Waals surface area (Å²) >= 11 is 5.77. The van der Waals surface area contributed by atoms with Crippen molar-refractivity contribution in [1.82, 2.24) is 5.32 Å². The van der Waals surface area contributed by atoms with E-state index in [0.717, 1.165) is 12.1 Å². The quantitative estimate of drug-likeness (QED) is 0.571. The van der Waals surface area contributed by atoms with Crippen molar-refractivity contribution in [2.24, 2.45) is 0 Å². The monoisotopic (exact) mass is 433 g/mol. The zero-order valence-corrected chi connectivity index (χ0v) is 16.3. The smallest absolute Gasteiger partial charge is 0.418 e. The van der Waals surface area contributed by atoms with E-state index in [9.17, 15) is 27.2 Å². The van der Waals surface area contributed by atoms with Gasteiger partial charge in [-0.3, -0.25) is 0 Å². The number of carbonyl (C=O) groups is 2. The summed E-state index contributed by atoms with van der Waals surface area (Å²) in [5, 5.41) is 2.03. The van der Waals surface area contributed by atoms with Crippen LogP contribution in [0.4, 0.5) is 17.6 Å². The Kier molecular flexibility index (Phi) is 5.38. The van der Waals surface area contributed by atoms with Gasteiger partial charge in [0, 0.05) is 11.3 Å². The summed E-state index contributed by atoms with van der Waals surface area (Å²) in [4.78, 5) is 25.0. The summed E-state index contributed by atoms with van der Waals surface area (Å²) in [6.07, 6.45) is -5.63. The van der Waals surface area contributed by atoms with Gasteiger partial charge in [0.05, 0.1) is 39.5 Å². The number of halogens is 5. The molecule has 0 fully saturated rings. The van der Waals surface area contributed by atoms with Crippen LogP contribution in [0.25, 0.3) is 0 Å². The van der Waals surface area contributed by atoms with Crippen LogP contribution >= 0.6 is 11.6 Å². The first-order valence-electron chi connectivity index (χ1n) is 8.57. The summed E-state index contributed by atoms with van der Waals surface area (Å²) in [7, 11) is 0. The average molecular weight is 434 g/mol. The number of ether oxygens (including phenoxy) is 2. The molecule has 0 radical (unpaired) electrons. The Bertz CT molecular complexity index is 966. The number of rotatable bonds is 3. The maximum absolute atomic E-state index is 14.8. The van der Waals surface area contributed by atoms with Crippen LogP contribution in [0.2, 0.25) is 5.02 Å². The molecule has 0 aromatic heterocycles. The van der Waals surface area contributed by atoms with Gasteiger partial charge in [0.15, 0.2) is 0 Å². The Labute approximate surface area is 168 Å². The minimum absolute atomic E-state index is 0.130. The van der Waals surface area contributed by atoms with Crippen LogP contribution in [0.1, 0.15) is 37.8 Å². The predicted octanol–water partition coefficient (Wildman–Crippen LogP) is 4.22. The summed E-state index contributed by atoms with van der Waals surface area (Å²) in [5.41, 5.74) is -2.69. The molecule has 0 aliphatic carbocycles. The van der Waals surface area contributed by atoms with Gasteiger partial charge < -0.3 is 14.8 Å². The summed E-state index contributed by atoms with van der Waals surface area (Å²) in [5.74, 6) is -4.88. The second-order valence-corrected chi connectivity index (χ2v) is 7.24. The molecule has 0 amide bonds. The zero-order valence-electron chi connectivity index (χ0n) is 15.5. The van der Waals surface area contributed by atoms with Crippen molar-refractivity contribution in [3.05, 3.63) is 56.6 Å². The summed E-state index contributed by atoms with van der Waals surface area (Å²) < 4.78 is 66.3. The number of dihydropyridines is 1. The van der Waals surface area contributed by atoms with Crippen molar-refractivity contribution in [1.29, 1.82) is 0 Å². The number of benzene rings is 1. The number of hydrogen-bond donors (Lipinski definition) is 1. The van der Waals surface area contributed by atoms with E-state index in [-0.39, 0.29) is 29.1 Å². The van der Waals surface area contributed by atoms with Crippen molar-refractivity contribution in [2.75, 3.05) is 6.61 Å². The highest BCUT2D eigenvalue weighted by Crippen LogP contribution is 2.48. The lowest BCUT2D eigenvalue weighted by atomic mass is 9.78. The first-order valence-corrected chi connectivity index (χ1v) is 8.95. The SMILES string of the molecule is CC1=C(C(=O)OC(C)C)C(c2c(F)ccc(Cl)c2C(F)(F)F)C2=C(COC2=O)N1. The molecule has 0 bridgehead atoms. The highest BCUT2D eigenvalue weighted by molar-refractivity contribution is 6.31. The van der Waals surface area contributed by atoms with Gasteiger partial charge in [-0.2, -0.15) is 13.2 Å². The molecular formula is C19H16ClF4NO4. The molecule has 0 spiro atoms. The topological polar surface area (TPSA) is 64.6 Å². The summed E-state index contributed by atoms with van der Waals surface area (Å²) in [6, 6.07) is 1.53. The lowest BCUT2D eigenvalue weighted by Gasteiger charge is -2.30. The molecule has 2 aliphatic heterocycles. The van der Waals surface area contributed by atoms with E-state index in [1.165, 1.54) is 6.92 Å². The summed E-state index contributed by atoms with van der Waals surface area (Å²) in [6.45, 7) is 4.29. The van der Waals surface area contributed by atoms with Gasteiger partial charge in [-0.1, -0.05) is 11.6 Å². The lowest BCUT2D eigenvalue weighted by Crippen LogP contribution is -2.32. The van der Waals surface area contributed by atoms with Crippen LogP contribution in [0.5, 0.6) is 0 Å². The molecule has 10 heteroatoms. The molecule has 0 saturated heterocycles. The highest BCUT2D eigenvalue weighted by Gasteiger charge is 2.48. The molecule has 5 nitrogen and oxygen atoms in total. The van der Waals surface area contributed by atoms with E-state index in [1.54, 1.807) is 13.8 Å². The van der Waals surface area contributed by atoms with Crippen LogP contribution < -0.4 is 5.32 Å². The Hall–Kier alpha value is -2.55. The Morgan fingerprint density at radius 1 is 1.34 bits per heavy atom. The standard InChI is InChI=1S/C19H16ClF4NO4/c1-7(2)29-18(27)12-8(3)25-11-6-28-17(26)14(11)15(12)13-10(21)5-4-9(20)16(13)19(22,23)24/h4-5,7,15,25H,6H2,1-3H3. The molecule has 29 heavy (non-hydrogen) atoms. The van der Waals surface area contributed by atoms with Gasteiger partial charge in [-0.15, -0.1) is 0 Å². The van der Waals surface area contributed by atoms with Crippen molar-refractivity contribution < 1.29 is 36.6 Å². The number of alkyl halides is 3. The van der Waals surface area contributed by atoms with E-state index in [2.05, 4.69) is 5.32 Å². The maximum atomic E-state index is 14.8. The van der Waals surface area contributed by atoms with E-state index < -0.39 is 52.1 Å². The van der Waals surface area contributed by atoms with E-state index >= 15 is 0 Å². The van der Waals surface area contributed by atoms with Crippen LogP contribution in [0, 0.1) is 5.82 Å². The second-order valence-electron chi connectivity index (χ2n) is 6.83. The minimum atomic E-state index is -5.04. The van der Waals surface area contributed by atoms with E-state index in [1.807, 2.05) is 0 Å². The van der Waals surface area contributed by atoms with Gasteiger partial charge >= 0.3 is 18.1 Å². The third kappa shape index (κ3) is 3.71. The van der Waals surface area contributed by atoms with Crippen LogP contribution in [-0.2, 0) is 25.2 Å². The Morgan fingerprint density at radius 2 is 2.00 bits per heavy atom. The van der Waals surface area contributed by atoms with Gasteiger partial charge in [0.25, 0.3) is 0 Å². The third-order valence-electron chi connectivity index (χ3n) is 4.49. The molecule has 0 saturated carbocycles. The molecule has 2 heterocycles. The minimum Gasteiger partial charge on any atom is -0.460 e. The van der Waals surface area contributed by atoms with Crippen molar-refractivity contribution in [2.45, 2.75) is 39.0 Å². The fraction of sp³-hybridized carbons (Fsp3) is 0.368. The third-order valence-corrected chi connectivity index (χ3v) is 4.80. The molecule has 1 aromatic rings. The molecule has 3 rings (SSSR count). The van der Waals surface area contributed by atoms with Crippen molar-refractivity contribution in [3.8, 4) is 0 Å². The Balaban J connectivity index is 2.34. The molecule has 1 unspecified atom stereocenters. The van der Waals surface area contributed by atoms with Crippen LogP contribution in [-0.4, -0.2) is 24.6 Å². The Morgan fingerprint density at radius 3 is 2.59 bits per heavy atom. The number of nitrogens with one attached hydrogen (secondary N) is 1. The molecule has 156 valence electrons. The van der Waals surface area contributed by atoms with Crippen molar-refractivity contribution in [3.63, 3.8) is 0 Å². The van der Waals surface area contributed by atoms with E-state index in [4.69, 9.17) is 21.1 Å². The van der Waals surface area contributed by atoms with Gasteiger partial charge in [0.1, 0.15) is 12.4 Å². The predicted molar refractivity (Wildman–Crippen MR) is 94.2 cm³/mol. The molecule has 1 N–H and O–H groups in total. The van der Waals surface area contributed by atoms with Crippen LogP contribution in [0.3, 0.4) is 0 Å². The molecule has 1 aromatic carbocycles. The number of cyclic esters (lactones) is 1. The highest BCUT2D eigenvalue weighted by atomic mass is 35.5. The van der Waals surface area contributed by atoms with Crippen LogP contribution in [0.15, 0.2) is 34.7 Å². The van der Waals surface area contributed by atoms with Crippen molar-refractivity contribution >= 4 is 23.5 Å². The maximum Gasteiger partial charge on any atom is 0.418 e. The molecule has 2 aliphatic rings. The molecular weight excluding hydrogens is 418 g/mol. The second kappa shape index (κ2) is 7.37. The number of carbonyl (C=O) groups excluding carboxylic acids is 2. The van der Waals surface area contributed by atoms with Gasteiger partial charge in [0.2, 0.25) is 0 Å². The number of hydrogen-bond acceptors (Lipinski definition) is 5. The first kappa shape index (κ1) is 21.2. The largest absolute Gasteiger partial charge is 0.460 e. The fourth-order valence-corrected chi connectivity index (χ4v) is 3.71. The number of esters is 2. The average Bonchev–Trinajstić information content (AvgIpc) is 2.94. The van der Waals surface area contributed by atoms with E-state index in [0.29, 0.717) is 0 Å². The number of allylic oxidation sites excluding steroid dienone is 1. The molecule has 1 atom stereocenters. The fourth-order valence-electron chi connectivity index (χ4n) is 3.44. The normalized spacial score (nSPS) is 19.3. The lowest BCUT2D eigenvalue weighted by molar-refractivity contribution is -0.144. The first-order chi connectivity index (χ1) is 13.4. The zero-order chi connectivity index (χ0) is 21.7.